The van der Waals surface area contributed by atoms with E-state index < -0.39 is 15.9 Å². The summed E-state index contributed by atoms with van der Waals surface area (Å²) in [6.45, 7) is 4.52. The van der Waals surface area contributed by atoms with Gasteiger partial charge in [-0.3, -0.25) is 9.52 Å². The molecule has 2 N–H and O–H groups in total. The van der Waals surface area contributed by atoms with Crippen LogP contribution in [0.5, 0.6) is 5.75 Å². The number of halogens is 1. The van der Waals surface area contributed by atoms with Gasteiger partial charge in [-0.05, 0) is 67.4 Å². The van der Waals surface area contributed by atoms with Crippen LogP contribution in [0.3, 0.4) is 0 Å². The topological polar surface area (TPSA) is 84.5 Å². The van der Waals surface area contributed by atoms with Crippen LogP contribution in [0.25, 0.3) is 0 Å². The molecule has 0 bridgehead atoms. The molecule has 3 rings (SSSR count). The van der Waals surface area contributed by atoms with Crippen LogP contribution in [0.4, 0.5) is 5.69 Å². The smallest absolute Gasteiger partial charge is 0.263 e. The van der Waals surface area contributed by atoms with Crippen molar-refractivity contribution in [1.29, 1.82) is 0 Å². The Hall–Kier alpha value is -3.03. The highest BCUT2D eigenvalue weighted by atomic mass is 35.5. The molecule has 0 saturated heterocycles. The zero-order valence-corrected chi connectivity index (χ0v) is 18.8. The molecule has 0 spiro atoms. The predicted molar refractivity (Wildman–Crippen MR) is 122 cm³/mol. The summed E-state index contributed by atoms with van der Waals surface area (Å²) in [4.78, 5) is 12.3. The molecule has 162 valence electrons. The number of benzene rings is 3. The Morgan fingerprint density at radius 1 is 0.968 bits per heavy atom. The number of rotatable bonds is 8. The fraction of sp³-hybridized carbons (Fsp3) is 0.174. The zero-order valence-electron chi connectivity index (χ0n) is 17.2. The van der Waals surface area contributed by atoms with Gasteiger partial charge in [-0.25, -0.2) is 8.42 Å². The lowest BCUT2D eigenvalue weighted by Gasteiger charge is -2.12. The van der Waals surface area contributed by atoms with E-state index in [-0.39, 0.29) is 28.6 Å². The standard InChI is InChI=1S/C23H23ClN2O4S/c1-16-12-17(2)14-20(13-16)30-11-10-25-23(27)18-8-9-21(24)22(15-18)31(28,29)26-19-6-4-3-5-7-19/h3-9,12-15,26H,10-11H2,1-2H3,(H,25,27). The van der Waals surface area contributed by atoms with Crippen molar-refractivity contribution in [3.05, 3.63) is 88.4 Å². The van der Waals surface area contributed by atoms with Crippen LogP contribution in [0, 0.1) is 13.8 Å². The van der Waals surface area contributed by atoms with Gasteiger partial charge < -0.3 is 10.1 Å². The second-order valence-corrected chi connectivity index (χ2v) is 9.10. The summed E-state index contributed by atoms with van der Waals surface area (Å²) >= 11 is 6.10. The number of anilines is 1. The lowest BCUT2D eigenvalue weighted by molar-refractivity contribution is 0.0946. The summed E-state index contributed by atoms with van der Waals surface area (Å²) in [5, 5.41) is 2.75. The number of ether oxygens (including phenoxy) is 1. The molecule has 8 heteroatoms. The van der Waals surface area contributed by atoms with Crippen LogP contribution in [-0.4, -0.2) is 27.5 Å². The molecule has 0 radical (unpaired) electrons. The highest BCUT2D eigenvalue weighted by Gasteiger charge is 2.20. The monoisotopic (exact) mass is 458 g/mol. The number of carbonyl (C=O) groups is 1. The van der Waals surface area contributed by atoms with Gasteiger partial charge in [0.25, 0.3) is 15.9 Å². The zero-order chi connectivity index (χ0) is 22.4. The summed E-state index contributed by atoms with van der Waals surface area (Å²) in [6, 6.07) is 18.5. The number of amides is 1. The van der Waals surface area contributed by atoms with Crippen molar-refractivity contribution in [2.45, 2.75) is 18.7 Å². The Morgan fingerprint density at radius 3 is 2.32 bits per heavy atom. The first-order valence-corrected chi connectivity index (χ1v) is 11.5. The van der Waals surface area contributed by atoms with Crippen LogP contribution in [0.15, 0.2) is 71.6 Å². The van der Waals surface area contributed by atoms with E-state index in [1.54, 1.807) is 30.3 Å². The Labute approximate surface area is 187 Å². The van der Waals surface area contributed by atoms with Crippen LogP contribution in [-0.2, 0) is 10.0 Å². The number of hydrogen-bond acceptors (Lipinski definition) is 4. The van der Waals surface area contributed by atoms with E-state index in [0.717, 1.165) is 16.9 Å². The van der Waals surface area contributed by atoms with Crippen molar-refractivity contribution < 1.29 is 17.9 Å². The Kier molecular flexibility index (Phi) is 7.20. The van der Waals surface area contributed by atoms with Crippen LogP contribution in [0.2, 0.25) is 5.02 Å². The highest BCUT2D eigenvalue weighted by Crippen LogP contribution is 2.25. The van der Waals surface area contributed by atoms with Crippen molar-refractivity contribution in [1.82, 2.24) is 5.32 Å². The quantitative estimate of drug-likeness (QED) is 0.484. The van der Waals surface area contributed by atoms with E-state index >= 15 is 0 Å². The Bertz CT molecular complexity index is 1160. The summed E-state index contributed by atoms with van der Waals surface area (Å²) in [6.07, 6.45) is 0. The molecule has 0 atom stereocenters. The first kappa shape index (κ1) is 22.7. The van der Waals surface area contributed by atoms with Gasteiger partial charge in [0.2, 0.25) is 0 Å². The van der Waals surface area contributed by atoms with Crippen molar-refractivity contribution in [2.75, 3.05) is 17.9 Å². The third kappa shape index (κ3) is 6.23. The minimum atomic E-state index is -3.96. The first-order chi connectivity index (χ1) is 14.7. The normalized spacial score (nSPS) is 11.1. The summed E-state index contributed by atoms with van der Waals surface area (Å²) in [5.74, 6) is 0.315. The number of sulfonamides is 1. The van der Waals surface area contributed by atoms with Crippen molar-refractivity contribution in [3.8, 4) is 5.75 Å². The maximum atomic E-state index is 12.7. The highest BCUT2D eigenvalue weighted by molar-refractivity contribution is 7.92. The molecule has 0 aliphatic carbocycles. The molecule has 3 aromatic rings. The van der Waals surface area contributed by atoms with E-state index in [9.17, 15) is 13.2 Å². The second-order valence-electron chi connectivity index (χ2n) is 7.04. The molecule has 0 aliphatic rings. The SMILES string of the molecule is Cc1cc(C)cc(OCCNC(=O)c2ccc(Cl)c(S(=O)(=O)Nc3ccccc3)c2)c1. The molecular formula is C23H23ClN2O4S. The number of aryl methyl sites for hydroxylation is 2. The molecule has 0 aromatic heterocycles. The Morgan fingerprint density at radius 2 is 1.65 bits per heavy atom. The number of hydrogen-bond donors (Lipinski definition) is 2. The molecule has 0 unspecified atom stereocenters. The molecule has 3 aromatic carbocycles. The summed E-state index contributed by atoms with van der Waals surface area (Å²) in [5.41, 5.74) is 2.78. The molecule has 0 heterocycles. The lowest BCUT2D eigenvalue weighted by Crippen LogP contribution is -2.28. The van der Waals surface area contributed by atoms with Gasteiger partial charge in [0.1, 0.15) is 17.3 Å². The predicted octanol–water partition coefficient (Wildman–Crippen LogP) is 4.57. The number of carbonyl (C=O) groups excluding carboxylic acids is 1. The average molecular weight is 459 g/mol. The largest absolute Gasteiger partial charge is 0.492 e. The van der Waals surface area contributed by atoms with Crippen molar-refractivity contribution >= 4 is 33.2 Å². The minimum absolute atomic E-state index is 0.0260. The van der Waals surface area contributed by atoms with E-state index in [2.05, 4.69) is 10.0 Å². The van der Waals surface area contributed by atoms with Crippen LogP contribution < -0.4 is 14.8 Å². The lowest BCUT2D eigenvalue weighted by atomic mass is 10.1. The first-order valence-electron chi connectivity index (χ1n) is 9.61. The molecule has 1 amide bonds. The molecule has 31 heavy (non-hydrogen) atoms. The van der Waals surface area contributed by atoms with Crippen LogP contribution in [0.1, 0.15) is 21.5 Å². The van der Waals surface area contributed by atoms with Crippen molar-refractivity contribution in [2.24, 2.45) is 0 Å². The maximum Gasteiger partial charge on any atom is 0.263 e. The fourth-order valence-corrected chi connectivity index (χ4v) is 4.60. The van der Waals surface area contributed by atoms with E-state index in [1.807, 2.05) is 32.0 Å². The van der Waals surface area contributed by atoms with Gasteiger partial charge in [-0.2, -0.15) is 0 Å². The molecule has 6 nitrogen and oxygen atoms in total. The fourth-order valence-electron chi connectivity index (χ4n) is 3.02. The van der Waals surface area contributed by atoms with Crippen molar-refractivity contribution in [3.63, 3.8) is 0 Å². The third-order valence-electron chi connectivity index (χ3n) is 4.36. The summed E-state index contributed by atoms with van der Waals surface area (Å²) in [7, 11) is -3.96. The molecule has 0 fully saturated rings. The summed E-state index contributed by atoms with van der Waals surface area (Å²) < 4.78 is 33.6. The minimum Gasteiger partial charge on any atom is -0.492 e. The van der Waals surface area contributed by atoms with Gasteiger partial charge in [-0.1, -0.05) is 35.9 Å². The number of nitrogens with one attached hydrogen (secondary N) is 2. The second kappa shape index (κ2) is 9.85. The molecule has 0 aliphatic heterocycles. The van der Waals surface area contributed by atoms with E-state index in [1.165, 1.54) is 18.2 Å². The van der Waals surface area contributed by atoms with Gasteiger partial charge in [-0.15, -0.1) is 0 Å². The van der Waals surface area contributed by atoms with Crippen LogP contribution >= 0.6 is 11.6 Å². The Balaban J connectivity index is 1.64. The molecule has 0 saturated carbocycles. The van der Waals surface area contributed by atoms with Gasteiger partial charge in [0.15, 0.2) is 0 Å². The van der Waals surface area contributed by atoms with E-state index in [0.29, 0.717) is 5.69 Å². The number of para-hydroxylation sites is 1. The van der Waals surface area contributed by atoms with Gasteiger partial charge >= 0.3 is 0 Å². The molecular weight excluding hydrogens is 436 g/mol. The van der Waals surface area contributed by atoms with Gasteiger partial charge in [0.05, 0.1) is 11.6 Å². The average Bonchev–Trinajstić information content (AvgIpc) is 2.71. The maximum absolute atomic E-state index is 12.7. The third-order valence-corrected chi connectivity index (χ3v) is 6.22. The van der Waals surface area contributed by atoms with Gasteiger partial charge in [0, 0.05) is 11.3 Å². The van der Waals surface area contributed by atoms with E-state index in [4.69, 9.17) is 16.3 Å².